The zero-order valence-electron chi connectivity index (χ0n) is 12.8. The van der Waals surface area contributed by atoms with Gasteiger partial charge in [-0.05, 0) is 55.7 Å². The van der Waals surface area contributed by atoms with Gasteiger partial charge in [0.05, 0.1) is 0 Å². The highest BCUT2D eigenvalue weighted by atomic mass is 79.9. The summed E-state index contributed by atoms with van der Waals surface area (Å²) in [5, 5.41) is 3.18. The maximum atomic E-state index is 12.4. The van der Waals surface area contributed by atoms with E-state index < -0.39 is 10.0 Å². The van der Waals surface area contributed by atoms with Crippen LogP contribution in [0.1, 0.15) is 18.4 Å². The number of aromatic nitrogens is 1. The van der Waals surface area contributed by atoms with Gasteiger partial charge in [-0.3, -0.25) is 0 Å². The maximum absolute atomic E-state index is 12.4. The van der Waals surface area contributed by atoms with E-state index >= 15 is 0 Å². The van der Waals surface area contributed by atoms with Gasteiger partial charge in [-0.2, -0.15) is 4.31 Å². The number of anilines is 2. The van der Waals surface area contributed by atoms with Crippen molar-refractivity contribution >= 4 is 37.5 Å². The molecular formula is C16H18BrN3O2S. The number of halogens is 1. The summed E-state index contributed by atoms with van der Waals surface area (Å²) in [7, 11) is -3.40. The lowest BCUT2D eigenvalue weighted by Gasteiger charge is -2.15. The second kappa shape index (κ2) is 6.59. The Morgan fingerprint density at radius 2 is 1.91 bits per heavy atom. The zero-order chi connectivity index (χ0) is 16.4. The van der Waals surface area contributed by atoms with Crippen LogP contribution in [-0.2, 0) is 10.0 Å². The fourth-order valence-corrected chi connectivity index (χ4v) is 4.26. The summed E-state index contributed by atoms with van der Waals surface area (Å²) >= 11 is 3.46. The van der Waals surface area contributed by atoms with E-state index in [-0.39, 0.29) is 4.90 Å². The first-order valence-electron chi connectivity index (χ1n) is 7.46. The molecule has 2 heterocycles. The molecule has 1 aromatic heterocycles. The van der Waals surface area contributed by atoms with Crippen LogP contribution in [0.2, 0.25) is 0 Å². The van der Waals surface area contributed by atoms with Crippen molar-refractivity contribution in [3.8, 4) is 0 Å². The van der Waals surface area contributed by atoms with Gasteiger partial charge in [0.1, 0.15) is 10.7 Å². The standard InChI is InChI=1S/C16H18BrN3O2S/c1-12-10-13(4-6-15(12)17)19-16-7-5-14(11-18-16)23(21,22)20-8-2-3-9-20/h4-7,10-11H,2-3,8-9H2,1H3,(H,18,19). The summed E-state index contributed by atoms with van der Waals surface area (Å²) in [4.78, 5) is 4.48. The Labute approximate surface area is 144 Å². The summed E-state index contributed by atoms with van der Waals surface area (Å²) in [6, 6.07) is 9.20. The summed E-state index contributed by atoms with van der Waals surface area (Å²) in [6.07, 6.45) is 3.27. The van der Waals surface area contributed by atoms with Crippen molar-refractivity contribution in [3.05, 3.63) is 46.6 Å². The average molecular weight is 396 g/mol. The lowest BCUT2D eigenvalue weighted by Crippen LogP contribution is -2.27. The number of rotatable bonds is 4. The second-order valence-electron chi connectivity index (χ2n) is 5.58. The third-order valence-electron chi connectivity index (χ3n) is 3.87. The van der Waals surface area contributed by atoms with Gasteiger partial charge in [0.15, 0.2) is 0 Å². The molecule has 0 radical (unpaired) electrons. The van der Waals surface area contributed by atoms with E-state index in [4.69, 9.17) is 0 Å². The third kappa shape index (κ3) is 3.57. The first-order valence-corrected chi connectivity index (χ1v) is 9.69. The highest BCUT2D eigenvalue weighted by molar-refractivity contribution is 9.10. The fraction of sp³-hybridized carbons (Fsp3) is 0.312. The quantitative estimate of drug-likeness (QED) is 0.857. The lowest BCUT2D eigenvalue weighted by molar-refractivity contribution is 0.477. The van der Waals surface area contributed by atoms with E-state index in [1.54, 1.807) is 12.1 Å². The van der Waals surface area contributed by atoms with E-state index in [0.29, 0.717) is 18.9 Å². The van der Waals surface area contributed by atoms with Crippen molar-refractivity contribution < 1.29 is 8.42 Å². The van der Waals surface area contributed by atoms with Gasteiger partial charge in [0, 0.05) is 29.4 Å². The van der Waals surface area contributed by atoms with E-state index in [2.05, 4.69) is 26.2 Å². The molecule has 1 saturated heterocycles. The molecule has 0 unspecified atom stereocenters. The molecule has 0 spiro atoms. The van der Waals surface area contributed by atoms with Crippen LogP contribution in [0.25, 0.3) is 0 Å². The van der Waals surface area contributed by atoms with Gasteiger partial charge in [-0.25, -0.2) is 13.4 Å². The smallest absolute Gasteiger partial charge is 0.244 e. The molecule has 1 N–H and O–H groups in total. The minimum Gasteiger partial charge on any atom is -0.340 e. The molecular weight excluding hydrogens is 378 g/mol. The Bertz CT molecular complexity index is 801. The SMILES string of the molecule is Cc1cc(Nc2ccc(S(=O)(=O)N3CCCC3)cn2)ccc1Br. The summed E-state index contributed by atoms with van der Waals surface area (Å²) in [5.74, 6) is 0.618. The molecule has 0 atom stereocenters. The number of hydrogen-bond donors (Lipinski definition) is 1. The van der Waals surface area contributed by atoms with E-state index in [9.17, 15) is 8.42 Å². The second-order valence-corrected chi connectivity index (χ2v) is 8.37. The summed E-state index contributed by atoms with van der Waals surface area (Å²) in [6.45, 7) is 3.20. The Kier molecular flexibility index (Phi) is 4.70. The predicted molar refractivity (Wildman–Crippen MR) is 94.4 cm³/mol. The number of nitrogens with zero attached hydrogens (tertiary/aromatic N) is 2. The monoisotopic (exact) mass is 395 g/mol. The van der Waals surface area contributed by atoms with Crippen LogP contribution >= 0.6 is 15.9 Å². The van der Waals surface area contributed by atoms with Crippen LogP contribution in [0, 0.1) is 6.92 Å². The van der Waals surface area contributed by atoms with Gasteiger partial charge in [-0.1, -0.05) is 15.9 Å². The van der Waals surface area contributed by atoms with Crippen molar-refractivity contribution in [1.82, 2.24) is 9.29 Å². The Morgan fingerprint density at radius 3 is 2.52 bits per heavy atom. The van der Waals surface area contributed by atoms with Gasteiger partial charge < -0.3 is 5.32 Å². The van der Waals surface area contributed by atoms with Crippen molar-refractivity contribution in [2.75, 3.05) is 18.4 Å². The normalized spacial score (nSPS) is 15.7. The van der Waals surface area contributed by atoms with E-state index in [1.165, 1.54) is 10.5 Å². The molecule has 1 aliphatic rings. The maximum Gasteiger partial charge on any atom is 0.244 e. The molecule has 1 aromatic carbocycles. The molecule has 7 heteroatoms. The van der Waals surface area contributed by atoms with Crippen molar-refractivity contribution in [2.45, 2.75) is 24.7 Å². The first-order chi connectivity index (χ1) is 11.0. The molecule has 0 aliphatic carbocycles. The molecule has 0 saturated carbocycles. The Hall–Kier alpha value is -1.44. The van der Waals surface area contributed by atoms with Crippen LogP contribution in [0.15, 0.2) is 45.9 Å². The molecule has 0 amide bonds. The van der Waals surface area contributed by atoms with Crippen LogP contribution in [0.4, 0.5) is 11.5 Å². The molecule has 122 valence electrons. The highest BCUT2D eigenvalue weighted by Crippen LogP contribution is 2.24. The van der Waals surface area contributed by atoms with Gasteiger partial charge in [-0.15, -0.1) is 0 Å². The van der Waals surface area contributed by atoms with Crippen molar-refractivity contribution in [3.63, 3.8) is 0 Å². The van der Waals surface area contributed by atoms with Gasteiger partial charge in [0.2, 0.25) is 10.0 Å². The molecule has 23 heavy (non-hydrogen) atoms. The first kappa shape index (κ1) is 16.4. The highest BCUT2D eigenvalue weighted by Gasteiger charge is 2.27. The number of benzene rings is 1. The number of hydrogen-bond acceptors (Lipinski definition) is 4. The number of nitrogens with one attached hydrogen (secondary N) is 1. The van der Waals surface area contributed by atoms with E-state index in [1.807, 2.05) is 25.1 Å². The Morgan fingerprint density at radius 1 is 1.17 bits per heavy atom. The van der Waals surface area contributed by atoms with Gasteiger partial charge >= 0.3 is 0 Å². The molecule has 5 nitrogen and oxygen atoms in total. The molecule has 1 fully saturated rings. The lowest BCUT2D eigenvalue weighted by atomic mass is 10.2. The minimum absolute atomic E-state index is 0.247. The minimum atomic E-state index is -3.40. The number of pyridine rings is 1. The topological polar surface area (TPSA) is 62.3 Å². The molecule has 0 bridgehead atoms. The molecule has 3 rings (SSSR count). The van der Waals surface area contributed by atoms with Crippen LogP contribution in [0.3, 0.4) is 0 Å². The van der Waals surface area contributed by atoms with Crippen molar-refractivity contribution in [2.24, 2.45) is 0 Å². The molecule has 1 aliphatic heterocycles. The van der Waals surface area contributed by atoms with Crippen LogP contribution in [0.5, 0.6) is 0 Å². The predicted octanol–water partition coefficient (Wildman–Crippen LogP) is 3.68. The fourth-order valence-electron chi connectivity index (χ4n) is 2.55. The average Bonchev–Trinajstić information content (AvgIpc) is 3.07. The molecule has 2 aromatic rings. The zero-order valence-corrected chi connectivity index (χ0v) is 15.2. The van der Waals surface area contributed by atoms with Gasteiger partial charge in [0.25, 0.3) is 0 Å². The third-order valence-corrected chi connectivity index (χ3v) is 6.64. The van der Waals surface area contributed by atoms with Crippen LogP contribution < -0.4 is 5.32 Å². The van der Waals surface area contributed by atoms with Crippen LogP contribution in [-0.4, -0.2) is 30.8 Å². The van der Waals surface area contributed by atoms with Crippen molar-refractivity contribution in [1.29, 1.82) is 0 Å². The Balaban J connectivity index is 1.77. The summed E-state index contributed by atoms with van der Waals surface area (Å²) < 4.78 is 27.5. The number of sulfonamides is 1. The summed E-state index contributed by atoms with van der Waals surface area (Å²) in [5.41, 5.74) is 2.02. The largest absolute Gasteiger partial charge is 0.340 e. The van der Waals surface area contributed by atoms with E-state index in [0.717, 1.165) is 28.6 Å². The number of aryl methyl sites for hydroxylation is 1.